The largest absolute Gasteiger partial charge is 0.396 e. The zero-order valence-electron chi connectivity index (χ0n) is 12.7. The summed E-state index contributed by atoms with van der Waals surface area (Å²) in [7, 11) is -3.37. The monoisotopic (exact) mass is 304 g/mol. The van der Waals surface area contributed by atoms with Crippen LogP contribution in [0.4, 0.5) is 0 Å². The summed E-state index contributed by atoms with van der Waals surface area (Å²) in [6.45, 7) is 6.18. The van der Waals surface area contributed by atoms with E-state index in [1.54, 1.807) is 8.61 Å². The first-order chi connectivity index (χ1) is 9.45. The van der Waals surface area contributed by atoms with Crippen LogP contribution in [-0.4, -0.2) is 54.4 Å². The topological polar surface area (TPSA) is 60.9 Å². The Kier molecular flexibility index (Phi) is 5.45. The second-order valence-corrected chi connectivity index (χ2v) is 8.42. The third-order valence-electron chi connectivity index (χ3n) is 4.49. The predicted molar refractivity (Wildman–Crippen MR) is 79.5 cm³/mol. The molecule has 20 heavy (non-hydrogen) atoms. The van der Waals surface area contributed by atoms with Gasteiger partial charge in [0.2, 0.25) is 0 Å². The first-order valence-electron chi connectivity index (χ1n) is 7.83. The molecule has 2 aliphatic heterocycles. The summed E-state index contributed by atoms with van der Waals surface area (Å²) in [4.78, 5) is 0. The summed E-state index contributed by atoms with van der Waals surface area (Å²) in [5, 5.41) is 9.16. The van der Waals surface area contributed by atoms with Crippen molar-refractivity contribution in [2.75, 3.05) is 26.2 Å². The zero-order valence-corrected chi connectivity index (χ0v) is 13.5. The lowest BCUT2D eigenvalue weighted by Gasteiger charge is -2.41. The van der Waals surface area contributed by atoms with Crippen LogP contribution >= 0.6 is 0 Å². The maximum absolute atomic E-state index is 12.9. The highest BCUT2D eigenvalue weighted by molar-refractivity contribution is 7.86. The van der Waals surface area contributed by atoms with Gasteiger partial charge in [0.1, 0.15) is 0 Å². The van der Waals surface area contributed by atoms with Crippen LogP contribution in [0.5, 0.6) is 0 Å². The predicted octanol–water partition coefficient (Wildman–Crippen LogP) is 1.45. The van der Waals surface area contributed by atoms with Crippen molar-refractivity contribution in [1.29, 1.82) is 0 Å². The van der Waals surface area contributed by atoms with Crippen molar-refractivity contribution in [3.05, 3.63) is 0 Å². The van der Waals surface area contributed by atoms with E-state index in [-0.39, 0.29) is 12.6 Å². The van der Waals surface area contributed by atoms with Crippen LogP contribution in [-0.2, 0) is 10.2 Å². The van der Waals surface area contributed by atoms with Crippen LogP contribution in [0.15, 0.2) is 0 Å². The quantitative estimate of drug-likeness (QED) is 0.855. The molecule has 0 aromatic rings. The molecule has 5 nitrogen and oxygen atoms in total. The van der Waals surface area contributed by atoms with Crippen LogP contribution in [0.2, 0.25) is 0 Å². The lowest BCUT2D eigenvalue weighted by molar-refractivity contribution is 0.165. The zero-order chi connectivity index (χ0) is 14.8. The highest BCUT2D eigenvalue weighted by atomic mass is 32.2. The fourth-order valence-electron chi connectivity index (χ4n) is 3.66. The van der Waals surface area contributed by atoms with Gasteiger partial charge >= 0.3 is 0 Å². The van der Waals surface area contributed by atoms with Crippen molar-refractivity contribution in [3.8, 4) is 0 Å². The van der Waals surface area contributed by atoms with E-state index in [0.717, 1.165) is 25.7 Å². The van der Waals surface area contributed by atoms with E-state index in [0.29, 0.717) is 37.9 Å². The molecule has 2 heterocycles. The molecular formula is C14H28N2O3S. The average Bonchev–Trinajstić information content (AvgIpc) is 2.38. The van der Waals surface area contributed by atoms with Gasteiger partial charge in [-0.05, 0) is 37.5 Å². The molecule has 0 aromatic carbocycles. The Labute approximate surface area is 123 Å². The molecule has 2 saturated heterocycles. The Bertz CT molecular complexity index is 401. The molecule has 3 atom stereocenters. The fourth-order valence-corrected chi connectivity index (χ4v) is 5.79. The molecule has 0 radical (unpaired) electrons. The van der Waals surface area contributed by atoms with Gasteiger partial charge in [0.15, 0.2) is 0 Å². The molecule has 0 aromatic heterocycles. The van der Waals surface area contributed by atoms with Crippen molar-refractivity contribution in [3.63, 3.8) is 0 Å². The molecule has 3 unspecified atom stereocenters. The van der Waals surface area contributed by atoms with Gasteiger partial charge in [-0.2, -0.15) is 17.0 Å². The normalized spacial score (nSPS) is 34.2. The maximum atomic E-state index is 12.9. The Morgan fingerprint density at radius 3 is 2.40 bits per heavy atom. The molecule has 0 bridgehead atoms. The van der Waals surface area contributed by atoms with Gasteiger partial charge in [-0.1, -0.05) is 20.3 Å². The molecule has 1 N–H and O–H groups in total. The second kappa shape index (κ2) is 6.73. The molecule has 2 fully saturated rings. The highest BCUT2D eigenvalue weighted by Crippen LogP contribution is 2.29. The Morgan fingerprint density at radius 1 is 1.15 bits per heavy atom. The summed E-state index contributed by atoms with van der Waals surface area (Å²) in [5.41, 5.74) is 0. The molecule has 118 valence electrons. The van der Waals surface area contributed by atoms with Crippen LogP contribution < -0.4 is 0 Å². The molecule has 6 heteroatoms. The first kappa shape index (κ1) is 16.2. The molecule has 0 aliphatic carbocycles. The SMILES string of the molecule is CC1CC(C)CN(S(=O)(=O)N2CCCCC2CCO)C1. The molecule has 0 saturated carbocycles. The maximum Gasteiger partial charge on any atom is 0.282 e. The number of aliphatic hydroxyl groups is 1. The van der Waals surface area contributed by atoms with Gasteiger partial charge < -0.3 is 5.11 Å². The smallest absolute Gasteiger partial charge is 0.282 e. The van der Waals surface area contributed by atoms with Gasteiger partial charge in [-0.25, -0.2) is 0 Å². The summed E-state index contributed by atoms with van der Waals surface area (Å²) in [6, 6.07) is -0.0220. The minimum atomic E-state index is -3.37. The summed E-state index contributed by atoms with van der Waals surface area (Å²) in [6.07, 6.45) is 4.52. The van der Waals surface area contributed by atoms with E-state index in [2.05, 4.69) is 13.8 Å². The van der Waals surface area contributed by atoms with Crippen molar-refractivity contribution in [1.82, 2.24) is 8.61 Å². The summed E-state index contributed by atoms with van der Waals surface area (Å²) >= 11 is 0. The number of nitrogens with zero attached hydrogens (tertiary/aromatic N) is 2. The number of rotatable bonds is 4. The van der Waals surface area contributed by atoms with Crippen molar-refractivity contribution >= 4 is 10.2 Å². The average molecular weight is 304 g/mol. The van der Waals surface area contributed by atoms with Crippen LogP contribution in [0.1, 0.15) is 46.0 Å². The molecule has 2 aliphatic rings. The van der Waals surface area contributed by atoms with Crippen LogP contribution in [0, 0.1) is 11.8 Å². The minimum Gasteiger partial charge on any atom is -0.396 e. The number of piperidine rings is 2. The van der Waals surface area contributed by atoms with Gasteiger partial charge in [-0.15, -0.1) is 0 Å². The van der Waals surface area contributed by atoms with E-state index >= 15 is 0 Å². The van der Waals surface area contributed by atoms with Crippen LogP contribution in [0.3, 0.4) is 0 Å². The van der Waals surface area contributed by atoms with Crippen molar-refractivity contribution in [2.24, 2.45) is 11.8 Å². The fraction of sp³-hybridized carbons (Fsp3) is 1.00. The lowest BCUT2D eigenvalue weighted by Crippen LogP contribution is -2.54. The number of aliphatic hydroxyl groups excluding tert-OH is 1. The standard InChI is InChI=1S/C14H28N2O3S/c1-12-9-13(2)11-15(10-12)20(18,19)16-7-4-3-5-14(16)6-8-17/h12-14,17H,3-11H2,1-2H3. The second-order valence-electron chi connectivity index (χ2n) is 6.54. The van der Waals surface area contributed by atoms with Gasteiger partial charge in [0, 0.05) is 32.3 Å². The van der Waals surface area contributed by atoms with Crippen LogP contribution in [0.25, 0.3) is 0 Å². The number of hydrogen-bond donors (Lipinski definition) is 1. The molecule has 0 amide bonds. The van der Waals surface area contributed by atoms with Gasteiger partial charge in [-0.3, -0.25) is 0 Å². The summed E-state index contributed by atoms with van der Waals surface area (Å²) in [5.74, 6) is 0.851. The molecule has 2 rings (SSSR count). The molecular weight excluding hydrogens is 276 g/mol. The van der Waals surface area contributed by atoms with E-state index in [1.165, 1.54) is 0 Å². The number of hydrogen-bond acceptors (Lipinski definition) is 3. The summed E-state index contributed by atoms with van der Waals surface area (Å²) < 4.78 is 29.1. The minimum absolute atomic E-state index is 0.0220. The van der Waals surface area contributed by atoms with E-state index < -0.39 is 10.2 Å². The molecule has 0 spiro atoms. The van der Waals surface area contributed by atoms with E-state index in [1.807, 2.05) is 0 Å². The van der Waals surface area contributed by atoms with Gasteiger partial charge in [0.25, 0.3) is 10.2 Å². The Balaban J connectivity index is 2.14. The first-order valence-corrected chi connectivity index (χ1v) is 9.22. The Morgan fingerprint density at radius 2 is 1.80 bits per heavy atom. The Hall–Kier alpha value is -0.170. The van der Waals surface area contributed by atoms with E-state index in [4.69, 9.17) is 5.11 Å². The third kappa shape index (κ3) is 3.53. The third-order valence-corrected chi connectivity index (χ3v) is 6.52. The van der Waals surface area contributed by atoms with Gasteiger partial charge in [0.05, 0.1) is 0 Å². The highest BCUT2D eigenvalue weighted by Gasteiger charge is 2.38. The lowest BCUT2D eigenvalue weighted by atomic mass is 9.94. The van der Waals surface area contributed by atoms with E-state index in [9.17, 15) is 8.42 Å². The van der Waals surface area contributed by atoms with Crippen molar-refractivity contribution in [2.45, 2.75) is 52.0 Å². The van der Waals surface area contributed by atoms with Crippen molar-refractivity contribution < 1.29 is 13.5 Å².